The number of carboxylic acid groups (broad SMARTS) is 1. The third-order valence-electron chi connectivity index (χ3n) is 7.16. The maximum Gasteiger partial charge on any atom is 0.407 e. The molecule has 2 aromatic carbocycles. The summed E-state index contributed by atoms with van der Waals surface area (Å²) in [7, 11) is 0. The van der Waals surface area contributed by atoms with Gasteiger partial charge in [-0.1, -0.05) is 74.2 Å². The Morgan fingerprint density at radius 3 is 2.23 bits per heavy atom. The van der Waals surface area contributed by atoms with E-state index in [1.165, 1.54) is 25.7 Å². The van der Waals surface area contributed by atoms with Crippen molar-refractivity contribution in [3.63, 3.8) is 0 Å². The number of aliphatic carboxylic acids is 1. The molecule has 0 radical (unpaired) electrons. The summed E-state index contributed by atoms with van der Waals surface area (Å²) in [5.74, 6) is -0.728. The number of fused-ring (bicyclic) bond motifs is 3. The zero-order chi connectivity index (χ0) is 24.6. The van der Waals surface area contributed by atoms with Crippen molar-refractivity contribution >= 4 is 18.0 Å². The van der Waals surface area contributed by atoms with Crippen LogP contribution in [0, 0.1) is 5.92 Å². The van der Waals surface area contributed by atoms with Crippen molar-refractivity contribution < 1.29 is 24.2 Å². The topological polar surface area (TPSA) is 105 Å². The van der Waals surface area contributed by atoms with Gasteiger partial charge in [-0.3, -0.25) is 9.59 Å². The van der Waals surface area contributed by atoms with Gasteiger partial charge in [-0.05, 0) is 47.4 Å². The molecular formula is C28H34N2O5. The van der Waals surface area contributed by atoms with E-state index in [2.05, 4.69) is 22.8 Å². The van der Waals surface area contributed by atoms with E-state index < -0.39 is 18.1 Å². The van der Waals surface area contributed by atoms with Crippen LogP contribution >= 0.6 is 0 Å². The summed E-state index contributed by atoms with van der Waals surface area (Å²) in [6.45, 7) is 0.653. The van der Waals surface area contributed by atoms with E-state index in [1.807, 2.05) is 36.4 Å². The molecule has 1 unspecified atom stereocenters. The molecule has 0 aromatic heterocycles. The predicted molar refractivity (Wildman–Crippen MR) is 133 cm³/mol. The van der Waals surface area contributed by atoms with Crippen LogP contribution in [0.5, 0.6) is 0 Å². The lowest BCUT2D eigenvalue weighted by Gasteiger charge is -2.19. The van der Waals surface area contributed by atoms with E-state index >= 15 is 0 Å². The zero-order valence-electron chi connectivity index (χ0n) is 20.0. The van der Waals surface area contributed by atoms with Crippen LogP contribution in [0.25, 0.3) is 11.1 Å². The normalized spacial score (nSPS) is 15.8. The Balaban J connectivity index is 1.31. The Morgan fingerprint density at radius 1 is 0.971 bits per heavy atom. The average Bonchev–Trinajstić information content (AvgIpc) is 3.49. The zero-order valence-corrected chi connectivity index (χ0v) is 20.0. The first-order chi connectivity index (χ1) is 17.0. The van der Waals surface area contributed by atoms with Gasteiger partial charge in [-0.25, -0.2) is 4.79 Å². The molecule has 186 valence electrons. The lowest BCUT2D eigenvalue weighted by Crippen LogP contribution is -2.47. The minimum absolute atomic E-state index is 0.00792. The molecule has 0 spiro atoms. The average molecular weight is 479 g/mol. The van der Waals surface area contributed by atoms with Crippen molar-refractivity contribution in [3.05, 3.63) is 59.7 Å². The molecule has 0 heterocycles. The van der Waals surface area contributed by atoms with Crippen LogP contribution in [0.15, 0.2) is 48.5 Å². The highest BCUT2D eigenvalue weighted by Gasteiger charge is 2.30. The molecule has 0 saturated heterocycles. The molecular weight excluding hydrogens is 444 g/mol. The van der Waals surface area contributed by atoms with Crippen LogP contribution in [0.2, 0.25) is 0 Å². The maximum atomic E-state index is 12.7. The number of amides is 2. The predicted octanol–water partition coefficient (Wildman–Crippen LogP) is 4.85. The van der Waals surface area contributed by atoms with Crippen molar-refractivity contribution in [2.24, 2.45) is 5.92 Å². The number of rotatable bonds is 11. The van der Waals surface area contributed by atoms with E-state index in [4.69, 9.17) is 9.84 Å². The van der Waals surface area contributed by atoms with E-state index in [0.717, 1.165) is 41.0 Å². The second-order valence-electron chi connectivity index (χ2n) is 9.54. The van der Waals surface area contributed by atoms with Gasteiger partial charge in [-0.15, -0.1) is 0 Å². The quantitative estimate of drug-likeness (QED) is 0.401. The van der Waals surface area contributed by atoms with Gasteiger partial charge < -0.3 is 20.5 Å². The number of carboxylic acids is 1. The molecule has 2 amide bonds. The standard InChI is InChI=1S/C28H34N2O5/c31-26(32)16-15-25(27(33)29-17-7-10-19-8-1-2-9-19)30-28(34)35-18-24-22-13-5-3-11-20(22)21-12-4-6-14-23(21)24/h3-6,11-14,19,24-25H,1-2,7-10,15-18H2,(H,29,33)(H,30,34)(H,31,32). The van der Waals surface area contributed by atoms with Gasteiger partial charge in [0, 0.05) is 18.9 Å². The van der Waals surface area contributed by atoms with Crippen molar-refractivity contribution in [3.8, 4) is 11.1 Å². The monoisotopic (exact) mass is 478 g/mol. The SMILES string of the molecule is O=C(O)CCC(NC(=O)OCC1c2ccccc2-c2ccccc21)C(=O)NCCCC1CCCC1. The fraction of sp³-hybridized carbons (Fsp3) is 0.464. The summed E-state index contributed by atoms with van der Waals surface area (Å²) < 4.78 is 5.54. The third-order valence-corrected chi connectivity index (χ3v) is 7.16. The summed E-state index contributed by atoms with van der Waals surface area (Å²) in [6, 6.07) is 15.2. The van der Waals surface area contributed by atoms with E-state index in [0.29, 0.717) is 6.54 Å². The first-order valence-electron chi connectivity index (χ1n) is 12.6. The minimum atomic E-state index is -1.02. The molecule has 2 aliphatic rings. The number of alkyl carbamates (subject to hydrolysis) is 1. The van der Waals surface area contributed by atoms with Crippen molar-refractivity contribution in [2.45, 2.75) is 63.3 Å². The molecule has 2 aromatic rings. The number of hydrogen-bond donors (Lipinski definition) is 3. The molecule has 0 aliphatic heterocycles. The fourth-order valence-corrected chi connectivity index (χ4v) is 5.34. The summed E-state index contributed by atoms with van der Waals surface area (Å²) in [4.78, 5) is 36.4. The van der Waals surface area contributed by atoms with Crippen LogP contribution < -0.4 is 10.6 Å². The Morgan fingerprint density at radius 2 is 1.60 bits per heavy atom. The second-order valence-corrected chi connectivity index (χ2v) is 9.54. The van der Waals surface area contributed by atoms with Gasteiger partial charge in [-0.2, -0.15) is 0 Å². The second kappa shape index (κ2) is 11.9. The summed E-state index contributed by atoms with van der Waals surface area (Å²) >= 11 is 0. The first kappa shape index (κ1) is 24.8. The molecule has 7 nitrogen and oxygen atoms in total. The number of ether oxygens (including phenoxy) is 1. The van der Waals surface area contributed by atoms with Crippen LogP contribution in [0.4, 0.5) is 4.79 Å². The van der Waals surface area contributed by atoms with Crippen molar-refractivity contribution in [1.82, 2.24) is 10.6 Å². The van der Waals surface area contributed by atoms with Crippen LogP contribution in [-0.4, -0.2) is 42.3 Å². The van der Waals surface area contributed by atoms with Crippen molar-refractivity contribution in [1.29, 1.82) is 0 Å². The van der Waals surface area contributed by atoms with Gasteiger partial charge in [0.2, 0.25) is 5.91 Å². The lowest BCUT2D eigenvalue weighted by molar-refractivity contribution is -0.137. The minimum Gasteiger partial charge on any atom is -0.481 e. The Bertz CT molecular complexity index is 1000. The van der Waals surface area contributed by atoms with Gasteiger partial charge >= 0.3 is 12.1 Å². The molecule has 3 N–H and O–H groups in total. The summed E-state index contributed by atoms with van der Waals surface area (Å²) in [5.41, 5.74) is 4.47. The summed E-state index contributed by atoms with van der Waals surface area (Å²) in [6.07, 6.45) is 6.14. The maximum absolute atomic E-state index is 12.7. The van der Waals surface area contributed by atoms with E-state index in [1.54, 1.807) is 0 Å². The molecule has 0 bridgehead atoms. The molecule has 4 rings (SSSR count). The lowest BCUT2D eigenvalue weighted by atomic mass is 9.98. The first-order valence-corrected chi connectivity index (χ1v) is 12.6. The van der Waals surface area contributed by atoms with E-state index in [9.17, 15) is 14.4 Å². The van der Waals surface area contributed by atoms with E-state index in [-0.39, 0.29) is 31.3 Å². The highest BCUT2D eigenvalue weighted by Crippen LogP contribution is 2.44. The largest absolute Gasteiger partial charge is 0.481 e. The summed E-state index contributed by atoms with van der Waals surface area (Å²) in [5, 5.41) is 14.5. The number of nitrogens with one attached hydrogen (secondary N) is 2. The number of benzene rings is 2. The molecule has 7 heteroatoms. The Hall–Kier alpha value is -3.35. The Kier molecular flexibility index (Phi) is 8.40. The smallest absolute Gasteiger partial charge is 0.407 e. The van der Waals surface area contributed by atoms with Gasteiger partial charge in [0.1, 0.15) is 12.6 Å². The number of hydrogen-bond acceptors (Lipinski definition) is 4. The third kappa shape index (κ3) is 6.41. The number of carbonyl (C=O) groups excluding carboxylic acids is 2. The Labute approximate surface area is 206 Å². The van der Waals surface area contributed by atoms with Crippen molar-refractivity contribution in [2.75, 3.05) is 13.2 Å². The van der Waals surface area contributed by atoms with Crippen LogP contribution in [0.3, 0.4) is 0 Å². The van der Waals surface area contributed by atoms with Gasteiger partial charge in [0.05, 0.1) is 0 Å². The molecule has 1 saturated carbocycles. The fourth-order valence-electron chi connectivity index (χ4n) is 5.34. The highest BCUT2D eigenvalue weighted by atomic mass is 16.5. The molecule has 2 aliphatic carbocycles. The van der Waals surface area contributed by atoms with Gasteiger partial charge in [0.25, 0.3) is 0 Å². The molecule has 35 heavy (non-hydrogen) atoms. The molecule has 1 fully saturated rings. The van der Waals surface area contributed by atoms with Crippen LogP contribution in [0.1, 0.15) is 68.4 Å². The van der Waals surface area contributed by atoms with Crippen LogP contribution in [-0.2, 0) is 14.3 Å². The molecule has 1 atom stereocenters. The van der Waals surface area contributed by atoms with Gasteiger partial charge in [0.15, 0.2) is 0 Å². The number of carbonyl (C=O) groups is 3. The highest BCUT2D eigenvalue weighted by molar-refractivity contribution is 5.86.